The lowest BCUT2D eigenvalue weighted by Crippen LogP contribution is -2.12. The molecule has 0 aliphatic rings. The van der Waals surface area contributed by atoms with Gasteiger partial charge in [0.15, 0.2) is 6.73 Å². The molecule has 3 nitrogen and oxygen atoms in total. The number of esters is 1. The van der Waals surface area contributed by atoms with Crippen molar-refractivity contribution in [1.29, 1.82) is 0 Å². The Bertz CT molecular complexity index is 347. The van der Waals surface area contributed by atoms with E-state index in [-0.39, 0.29) is 12.7 Å². The third-order valence-electron chi connectivity index (χ3n) is 2.39. The van der Waals surface area contributed by atoms with Gasteiger partial charge in [0.2, 0.25) is 0 Å². The topological polar surface area (TPSA) is 38.3 Å². The second-order valence-electron chi connectivity index (χ2n) is 3.44. The molecule has 0 aliphatic carbocycles. The molecule has 15 heavy (non-hydrogen) atoms. The SMILES string of the molecule is CCC(=O)OCNc1cccc(C)c1C. The predicted octanol–water partition coefficient (Wildman–Crippen LogP) is 2.63. The van der Waals surface area contributed by atoms with Crippen molar-refractivity contribution in [3.63, 3.8) is 0 Å². The molecule has 0 saturated heterocycles. The van der Waals surface area contributed by atoms with E-state index in [1.54, 1.807) is 6.92 Å². The average molecular weight is 207 g/mol. The summed E-state index contributed by atoms with van der Waals surface area (Å²) in [4.78, 5) is 10.9. The largest absolute Gasteiger partial charge is 0.444 e. The van der Waals surface area contributed by atoms with Gasteiger partial charge in [-0.15, -0.1) is 0 Å². The average Bonchev–Trinajstić information content (AvgIpc) is 2.24. The Labute approximate surface area is 90.4 Å². The zero-order valence-electron chi connectivity index (χ0n) is 9.46. The highest BCUT2D eigenvalue weighted by atomic mass is 16.5. The highest BCUT2D eigenvalue weighted by Crippen LogP contribution is 2.17. The zero-order chi connectivity index (χ0) is 11.3. The van der Waals surface area contributed by atoms with Crippen molar-refractivity contribution in [3.05, 3.63) is 29.3 Å². The first kappa shape index (κ1) is 11.6. The van der Waals surface area contributed by atoms with Crippen LogP contribution in [0, 0.1) is 13.8 Å². The standard InChI is InChI=1S/C12H17NO2/c1-4-12(14)15-8-13-11-7-5-6-9(2)10(11)3/h5-7,13H,4,8H2,1-3H3. The van der Waals surface area contributed by atoms with Crippen LogP contribution in [0.5, 0.6) is 0 Å². The molecule has 1 rings (SSSR count). The van der Waals surface area contributed by atoms with E-state index in [1.807, 2.05) is 19.1 Å². The lowest BCUT2D eigenvalue weighted by Gasteiger charge is -2.11. The monoisotopic (exact) mass is 207 g/mol. The van der Waals surface area contributed by atoms with E-state index in [9.17, 15) is 4.79 Å². The molecule has 0 aliphatic heterocycles. The molecule has 1 aromatic rings. The Morgan fingerprint density at radius 3 is 2.80 bits per heavy atom. The fraction of sp³-hybridized carbons (Fsp3) is 0.417. The van der Waals surface area contributed by atoms with Gasteiger partial charge >= 0.3 is 5.97 Å². The second-order valence-corrected chi connectivity index (χ2v) is 3.44. The van der Waals surface area contributed by atoms with Gasteiger partial charge in [-0.1, -0.05) is 19.1 Å². The normalized spacial score (nSPS) is 9.80. The van der Waals surface area contributed by atoms with E-state index < -0.39 is 0 Å². The Morgan fingerprint density at radius 2 is 2.13 bits per heavy atom. The smallest absolute Gasteiger partial charge is 0.307 e. The van der Waals surface area contributed by atoms with Crippen LogP contribution in [0.4, 0.5) is 5.69 Å². The molecule has 1 N–H and O–H groups in total. The summed E-state index contributed by atoms with van der Waals surface area (Å²) in [6.07, 6.45) is 0.411. The fourth-order valence-corrected chi connectivity index (χ4v) is 1.24. The molecular weight excluding hydrogens is 190 g/mol. The number of hydrogen-bond acceptors (Lipinski definition) is 3. The van der Waals surface area contributed by atoms with E-state index in [4.69, 9.17) is 4.74 Å². The van der Waals surface area contributed by atoms with E-state index in [1.165, 1.54) is 11.1 Å². The molecular formula is C12H17NO2. The number of carbonyl (C=O) groups excluding carboxylic acids is 1. The number of hydrogen-bond donors (Lipinski definition) is 1. The quantitative estimate of drug-likeness (QED) is 0.609. The van der Waals surface area contributed by atoms with Gasteiger partial charge in [0.1, 0.15) is 0 Å². The van der Waals surface area contributed by atoms with Gasteiger partial charge in [-0.2, -0.15) is 0 Å². The van der Waals surface area contributed by atoms with Crippen molar-refractivity contribution >= 4 is 11.7 Å². The maximum absolute atomic E-state index is 10.9. The second kappa shape index (κ2) is 5.39. The Morgan fingerprint density at radius 1 is 1.40 bits per heavy atom. The van der Waals surface area contributed by atoms with Gasteiger partial charge in [0.05, 0.1) is 0 Å². The van der Waals surface area contributed by atoms with Crippen molar-refractivity contribution in [1.82, 2.24) is 0 Å². The number of carbonyl (C=O) groups is 1. The summed E-state index contributed by atoms with van der Waals surface area (Å²) in [6.45, 7) is 6.11. The van der Waals surface area contributed by atoms with Gasteiger partial charge < -0.3 is 10.1 Å². The molecule has 0 saturated carbocycles. The molecule has 0 unspecified atom stereocenters. The Balaban J connectivity index is 2.51. The van der Waals surface area contributed by atoms with Gasteiger partial charge in [-0.25, -0.2) is 0 Å². The van der Waals surface area contributed by atoms with Crippen LogP contribution in [0.25, 0.3) is 0 Å². The third-order valence-corrected chi connectivity index (χ3v) is 2.39. The molecule has 0 radical (unpaired) electrons. The first-order chi connectivity index (χ1) is 7.15. The Hall–Kier alpha value is -1.51. The highest BCUT2D eigenvalue weighted by Gasteiger charge is 2.01. The van der Waals surface area contributed by atoms with Gasteiger partial charge in [-0.05, 0) is 31.0 Å². The lowest BCUT2D eigenvalue weighted by molar-refractivity contribution is -0.142. The van der Waals surface area contributed by atoms with Crippen LogP contribution in [0.1, 0.15) is 24.5 Å². The van der Waals surface area contributed by atoms with Crippen LogP contribution in [-0.2, 0) is 9.53 Å². The highest BCUT2D eigenvalue weighted by molar-refractivity contribution is 5.69. The van der Waals surface area contributed by atoms with Crippen molar-refractivity contribution in [2.75, 3.05) is 12.0 Å². The van der Waals surface area contributed by atoms with Crippen LogP contribution in [0.3, 0.4) is 0 Å². The van der Waals surface area contributed by atoms with E-state index >= 15 is 0 Å². The van der Waals surface area contributed by atoms with Crippen molar-refractivity contribution < 1.29 is 9.53 Å². The van der Waals surface area contributed by atoms with Crippen molar-refractivity contribution in [2.45, 2.75) is 27.2 Å². The zero-order valence-corrected chi connectivity index (χ0v) is 9.46. The van der Waals surface area contributed by atoms with Gasteiger partial charge in [-0.3, -0.25) is 4.79 Å². The summed E-state index contributed by atoms with van der Waals surface area (Å²) < 4.78 is 4.94. The minimum absolute atomic E-state index is 0.187. The minimum Gasteiger partial charge on any atom is -0.444 e. The molecule has 0 spiro atoms. The lowest BCUT2D eigenvalue weighted by atomic mass is 10.1. The summed E-state index contributed by atoms with van der Waals surface area (Å²) in [7, 11) is 0. The summed E-state index contributed by atoms with van der Waals surface area (Å²) >= 11 is 0. The number of ether oxygens (including phenoxy) is 1. The molecule has 0 amide bonds. The van der Waals surface area contributed by atoms with Crippen molar-refractivity contribution in [3.8, 4) is 0 Å². The predicted molar refractivity (Wildman–Crippen MR) is 60.8 cm³/mol. The van der Waals surface area contributed by atoms with Crippen LogP contribution < -0.4 is 5.32 Å². The van der Waals surface area contributed by atoms with Crippen molar-refractivity contribution in [2.24, 2.45) is 0 Å². The summed E-state index contributed by atoms with van der Waals surface area (Å²) in [5.41, 5.74) is 3.42. The van der Waals surface area contributed by atoms with Crippen LogP contribution in [0.2, 0.25) is 0 Å². The molecule has 0 bridgehead atoms. The summed E-state index contributed by atoms with van der Waals surface area (Å²) in [5, 5.41) is 3.08. The minimum atomic E-state index is -0.187. The molecule has 0 fully saturated rings. The van der Waals surface area contributed by atoms with E-state index in [2.05, 4.69) is 18.3 Å². The summed E-state index contributed by atoms with van der Waals surface area (Å²) in [6, 6.07) is 6.01. The Kier molecular flexibility index (Phi) is 4.16. The van der Waals surface area contributed by atoms with Crippen LogP contribution in [0.15, 0.2) is 18.2 Å². The first-order valence-corrected chi connectivity index (χ1v) is 5.11. The molecule has 0 aromatic heterocycles. The number of aryl methyl sites for hydroxylation is 1. The molecule has 3 heteroatoms. The van der Waals surface area contributed by atoms with Gasteiger partial charge in [0.25, 0.3) is 0 Å². The number of nitrogens with one attached hydrogen (secondary N) is 1. The van der Waals surface area contributed by atoms with E-state index in [0.717, 1.165) is 5.69 Å². The maximum Gasteiger partial charge on any atom is 0.307 e. The molecule has 0 atom stereocenters. The van der Waals surface area contributed by atoms with Crippen LogP contribution >= 0.6 is 0 Å². The van der Waals surface area contributed by atoms with Crippen LogP contribution in [-0.4, -0.2) is 12.7 Å². The van der Waals surface area contributed by atoms with Gasteiger partial charge in [0, 0.05) is 12.1 Å². The third kappa shape index (κ3) is 3.27. The maximum atomic E-state index is 10.9. The molecule has 1 aromatic carbocycles. The number of anilines is 1. The molecule has 82 valence electrons. The van der Waals surface area contributed by atoms with E-state index in [0.29, 0.717) is 6.42 Å². The summed E-state index contributed by atoms with van der Waals surface area (Å²) in [5.74, 6) is -0.187. The number of rotatable bonds is 4. The number of benzene rings is 1. The molecule has 0 heterocycles. The fourth-order valence-electron chi connectivity index (χ4n) is 1.24. The first-order valence-electron chi connectivity index (χ1n) is 5.11.